The van der Waals surface area contributed by atoms with E-state index in [0.717, 1.165) is 25.3 Å². The van der Waals surface area contributed by atoms with Crippen molar-refractivity contribution in [3.63, 3.8) is 0 Å². The smallest absolute Gasteiger partial charge is 0.357 e. The number of carbonyl (C=O) groups excluding carboxylic acids is 1. The number of carbonyl (C=O) groups is 1. The second-order valence-corrected chi connectivity index (χ2v) is 11.2. The second-order valence-electron chi connectivity index (χ2n) is 11.2. The summed E-state index contributed by atoms with van der Waals surface area (Å²) in [7, 11) is 1.77. The minimum atomic E-state index is -4.45. The number of hydrogen-bond donors (Lipinski definition) is 4. The maximum atomic E-state index is 13.3. The molecular weight excluding hydrogens is 531 g/mol. The van der Waals surface area contributed by atoms with Gasteiger partial charge in [0.2, 0.25) is 23.8 Å². The van der Waals surface area contributed by atoms with Crippen molar-refractivity contribution in [2.45, 2.75) is 63.7 Å². The van der Waals surface area contributed by atoms with Crippen LogP contribution >= 0.6 is 0 Å². The van der Waals surface area contributed by atoms with Crippen LogP contribution in [0, 0.1) is 11.3 Å². The minimum absolute atomic E-state index is 0.0776. The van der Waals surface area contributed by atoms with Crippen molar-refractivity contribution in [2.75, 3.05) is 29.5 Å². The largest absolute Gasteiger partial charge is 0.416 e. The molecule has 0 aliphatic heterocycles. The lowest BCUT2D eigenvalue weighted by Crippen LogP contribution is -2.34. The molecule has 1 aromatic heterocycles. The number of hydrogen-bond acceptors (Lipinski definition) is 7. The van der Waals surface area contributed by atoms with Crippen LogP contribution in [0.3, 0.4) is 0 Å². The molecule has 2 saturated carbocycles. The van der Waals surface area contributed by atoms with E-state index in [2.05, 4.69) is 55.3 Å². The Balaban J connectivity index is 1.12. The van der Waals surface area contributed by atoms with Crippen LogP contribution in [0.15, 0.2) is 54.6 Å². The SMILES string of the molecule is CNc1nc(NCC(C)c2ccccc2)nc(NC2CC23CCC(C(=O)NCc2ccccc2C(F)(F)F)CC3)n1. The Morgan fingerprint density at radius 2 is 1.63 bits per heavy atom. The van der Waals surface area contributed by atoms with Crippen LogP contribution in [0.2, 0.25) is 0 Å². The van der Waals surface area contributed by atoms with Crippen molar-refractivity contribution in [1.82, 2.24) is 20.3 Å². The Bertz CT molecular complexity index is 1340. The quantitative estimate of drug-likeness (QED) is 0.245. The summed E-state index contributed by atoms with van der Waals surface area (Å²) in [5.74, 6) is 1.37. The van der Waals surface area contributed by atoms with Crippen LogP contribution in [0.4, 0.5) is 31.0 Å². The van der Waals surface area contributed by atoms with Crippen LogP contribution in [0.1, 0.15) is 61.6 Å². The van der Waals surface area contributed by atoms with Crippen LogP contribution in [-0.2, 0) is 17.5 Å². The fraction of sp³-hybridized carbons (Fsp3) is 0.467. The first-order valence-electron chi connectivity index (χ1n) is 14.1. The number of amides is 1. The monoisotopic (exact) mass is 567 g/mol. The summed E-state index contributed by atoms with van der Waals surface area (Å²) in [6.45, 7) is 2.69. The number of anilines is 3. The number of aromatic nitrogens is 3. The van der Waals surface area contributed by atoms with E-state index in [-0.39, 0.29) is 41.3 Å². The normalized spacial score (nSPS) is 22.6. The summed E-state index contributed by atoms with van der Waals surface area (Å²) in [4.78, 5) is 26.3. The highest BCUT2D eigenvalue weighted by Crippen LogP contribution is 2.58. The fourth-order valence-corrected chi connectivity index (χ4v) is 5.77. The molecule has 0 saturated heterocycles. The zero-order chi connectivity index (χ0) is 29.0. The molecule has 41 heavy (non-hydrogen) atoms. The second kappa shape index (κ2) is 11.9. The third kappa shape index (κ3) is 6.89. The maximum Gasteiger partial charge on any atom is 0.416 e. The molecule has 1 heterocycles. The number of alkyl halides is 3. The Kier molecular flexibility index (Phi) is 8.32. The molecule has 8 nitrogen and oxygen atoms in total. The van der Waals surface area contributed by atoms with Crippen LogP contribution in [0.5, 0.6) is 0 Å². The summed E-state index contributed by atoms with van der Waals surface area (Å²) in [6.07, 6.45) is -0.343. The van der Waals surface area contributed by atoms with Crippen molar-refractivity contribution in [1.29, 1.82) is 0 Å². The van der Waals surface area contributed by atoms with Gasteiger partial charge in [0.25, 0.3) is 0 Å². The summed E-state index contributed by atoms with van der Waals surface area (Å²) < 4.78 is 39.8. The number of benzene rings is 2. The summed E-state index contributed by atoms with van der Waals surface area (Å²) >= 11 is 0. The summed E-state index contributed by atoms with van der Waals surface area (Å²) in [5.41, 5.74) is 0.686. The average molecular weight is 568 g/mol. The van der Waals surface area contributed by atoms with Gasteiger partial charge in [0.15, 0.2) is 0 Å². The van der Waals surface area contributed by atoms with Crippen LogP contribution in [-0.4, -0.2) is 40.5 Å². The molecule has 11 heteroatoms. The molecule has 1 spiro atoms. The molecule has 1 amide bonds. The van der Waals surface area contributed by atoms with E-state index in [9.17, 15) is 18.0 Å². The Labute approximate surface area is 238 Å². The van der Waals surface area contributed by atoms with Crippen molar-refractivity contribution in [3.05, 3.63) is 71.3 Å². The first-order valence-corrected chi connectivity index (χ1v) is 14.1. The first kappa shape index (κ1) is 28.6. The first-order chi connectivity index (χ1) is 19.7. The van der Waals surface area contributed by atoms with Crippen LogP contribution in [0.25, 0.3) is 0 Å². The zero-order valence-corrected chi connectivity index (χ0v) is 23.3. The third-order valence-electron chi connectivity index (χ3n) is 8.42. The van der Waals surface area contributed by atoms with E-state index in [1.807, 2.05) is 18.2 Å². The highest BCUT2D eigenvalue weighted by Gasteiger charge is 2.56. The molecule has 2 aliphatic carbocycles. The number of rotatable bonds is 10. The van der Waals surface area contributed by atoms with Gasteiger partial charge in [-0.2, -0.15) is 28.1 Å². The average Bonchev–Trinajstić information content (AvgIpc) is 3.64. The van der Waals surface area contributed by atoms with Gasteiger partial charge in [0.05, 0.1) is 5.56 Å². The molecule has 218 valence electrons. The molecular formula is C30H36F3N7O. The summed E-state index contributed by atoms with van der Waals surface area (Å²) in [5, 5.41) is 12.5. The zero-order valence-electron chi connectivity index (χ0n) is 23.3. The van der Waals surface area contributed by atoms with Crippen molar-refractivity contribution in [2.24, 2.45) is 11.3 Å². The lowest BCUT2D eigenvalue weighted by atomic mass is 9.79. The molecule has 2 atom stereocenters. The Hall–Kier alpha value is -3.89. The van der Waals surface area contributed by atoms with Gasteiger partial charge in [-0.1, -0.05) is 55.5 Å². The number of halogens is 3. The predicted molar refractivity (Wildman–Crippen MR) is 152 cm³/mol. The van der Waals surface area contributed by atoms with E-state index in [0.29, 0.717) is 37.2 Å². The highest BCUT2D eigenvalue weighted by atomic mass is 19.4. The number of nitrogens with zero attached hydrogens (tertiary/aromatic N) is 3. The van der Waals surface area contributed by atoms with E-state index in [4.69, 9.17) is 0 Å². The molecule has 0 radical (unpaired) electrons. The molecule has 2 fully saturated rings. The van der Waals surface area contributed by atoms with E-state index in [1.165, 1.54) is 17.7 Å². The molecule has 2 aliphatic rings. The van der Waals surface area contributed by atoms with Gasteiger partial charge in [-0.05, 0) is 60.6 Å². The Morgan fingerprint density at radius 1 is 0.976 bits per heavy atom. The topological polar surface area (TPSA) is 104 Å². The van der Waals surface area contributed by atoms with Crippen molar-refractivity contribution < 1.29 is 18.0 Å². The molecule has 3 aromatic rings. The van der Waals surface area contributed by atoms with Gasteiger partial charge in [0, 0.05) is 32.1 Å². The Morgan fingerprint density at radius 3 is 2.34 bits per heavy atom. The van der Waals surface area contributed by atoms with E-state index >= 15 is 0 Å². The lowest BCUT2D eigenvalue weighted by Gasteiger charge is -2.29. The van der Waals surface area contributed by atoms with Crippen LogP contribution < -0.4 is 21.3 Å². The molecule has 2 aromatic carbocycles. The fourth-order valence-electron chi connectivity index (χ4n) is 5.77. The van der Waals surface area contributed by atoms with E-state index < -0.39 is 11.7 Å². The predicted octanol–water partition coefficient (Wildman–Crippen LogP) is 5.82. The van der Waals surface area contributed by atoms with Gasteiger partial charge in [-0.25, -0.2) is 0 Å². The van der Waals surface area contributed by atoms with Gasteiger partial charge in [0.1, 0.15) is 0 Å². The van der Waals surface area contributed by atoms with Gasteiger partial charge < -0.3 is 21.3 Å². The highest BCUT2D eigenvalue weighted by molar-refractivity contribution is 5.78. The molecule has 2 unspecified atom stereocenters. The number of nitrogens with one attached hydrogen (secondary N) is 4. The molecule has 0 bridgehead atoms. The van der Waals surface area contributed by atoms with E-state index in [1.54, 1.807) is 13.1 Å². The third-order valence-corrected chi connectivity index (χ3v) is 8.42. The van der Waals surface area contributed by atoms with Gasteiger partial charge >= 0.3 is 6.18 Å². The maximum absolute atomic E-state index is 13.3. The lowest BCUT2D eigenvalue weighted by molar-refractivity contribution is -0.138. The van der Waals surface area contributed by atoms with Crippen molar-refractivity contribution >= 4 is 23.8 Å². The summed E-state index contributed by atoms with van der Waals surface area (Å²) in [6, 6.07) is 15.8. The minimum Gasteiger partial charge on any atom is -0.357 e. The van der Waals surface area contributed by atoms with Gasteiger partial charge in [-0.3, -0.25) is 4.79 Å². The van der Waals surface area contributed by atoms with Gasteiger partial charge in [-0.15, -0.1) is 0 Å². The molecule has 5 rings (SSSR count). The van der Waals surface area contributed by atoms with Crippen molar-refractivity contribution in [3.8, 4) is 0 Å². The standard InChI is InChI=1S/C30H36F3N7O/c1-19(20-8-4-3-5-9-20)17-36-27-38-26(34-2)39-28(40-27)37-24-16-29(24)14-12-21(13-15-29)25(41)35-18-22-10-6-7-11-23(22)30(31,32)33/h3-11,19,21,24H,12-18H2,1-2H3,(H,35,41)(H3,34,36,37,38,39,40). The molecule has 4 N–H and O–H groups in total.